The van der Waals surface area contributed by atoms with Crippen molar-refractivity contribution in [2.45, 2.75) is 63.8 Å². The maximum atomic E-state index is 12.2. The molecule has 1 saturated heterocycles. The molecule has 0 saturated carbocycles. The molecule has 1 aromatic carbocycles. The molecule has 1 aliphatic rings. The third-order valence-electron chi connectivity index (χ3n) is 5.13. The number of para-hydroxylation sites is 1. The van der Waals surface area contributed by atoms with Crippen LogP contribution < -0.4 is 10.6 Å². The second-order valence-corrected chi connectivity index (χ2v) is 7.82. The Hall–Kier alpha value is -2.41. The molecule has 2 rings (SSSR count). The number of benzene rings is 1. The quantitative estimate of drug-likeness (QED) is 0.376. The molecule has 0 spiro atoms. The van der Waals surface area contributed by atoms with Crippen LogP contribution in [0.4, 0.5) is 5.69 Å². The molecule has 0 aliphatic carbocycles. The van der Waals surface area contributed by atoms with Gasteiger partial charge in [-0.1, -0.05) is 44.9 Å². The Bertz CT molecular complexity index is 694. The van der Waals surface area contributed by atoms with Crippen LogP contribution >= 0.6 is 0 Å². The average Bonchev–Trinajstić information content (AvgIpc) is 2.95. The van der Waals surface area contributed by atoms with E-state index in [2.05, 4.69) is 10.6 Å². The number of nitrogens with one attached hydrogen (secondary N) is 2. The summed E-state index contributed by atoms with van der Waals surface area (Å²) in [4.78, 5) is 34.5. The lowest BCUT2D eigenvalue weighted by Crippen LogP contribution is -2.37. The fourth-order valence-corrected chi connectivity index (χ4v) is 3.51. The maximum Gasteiger partial charge on any atom is 0.394 e. The fourth-order valence-electron chi connectivity index (χ4n) is 3.51. The third-order valence-corrected chi connectivity index (χ3v) is 5.13. The molecule has 7 nitrogen and oxygen atoms in total. The number of hydrogen-bond acceptors (Lipinski definition) is 5. The van der Waals surface area contributed by atoms with E-state index in [0.717, 1.165) is 44.2 Å². The molecule has 0 aromatic heterocycles. The molecule has 1 amide bonds. The molecular weight excluding hydrogens is 360 g/mol. The summed E-state index contributed by atoms with van der Waals surface area (Å²) in [6.45, 7) is 5.23. The Morgan fingerprint density at radius 2 is 1.96 bits per heavy atom. The van der Waals surface area contributed by atoms with Crippen LogP contribution in [0.25, 0.3) is 0 Å². The zero-order valence-electron chi connectivity index (χ0n) is 16.6. The van der Waals surface area contributed by atoms with Gasteiger partial charge in [-0.3, -0.25) is 9.59 Å². The number of rotatable bonds is 7. The number of anilines is 1. The summed E-state index contributed by atoms with van der Waals surface area (Å²) < 4.78 is 5.45. The van der Waals surface area contributed by atoms with Gasteiger partial charge in [-0.2, -0.15) is 0 Å². The molecule has 154 valence electrons. The topological polar surface area (TPSA) is 105 Å². The van der Waals surface area contributed by atoms with Crippen LogP contribution in [0.5, 0.6) is 0 Å². The van der Waals surface area contributed by atoms with Gasteiger partial charge in [0.25, 0.3) is 0 Å². The van der Waals surface area contributed by atoms with Crippen LogP contribution in [0.2, 0.25) is 0 Å². The van der Waals surface area contributed by atoms with Crippen LogP contribution in [0, 0.1) is 0 Å². The first-order chi connectivity index (χ1) is 13.3. The summed E-state index contributed by atoms with van der Waals surface area (Å²) in [5, 5.41) is 14.5. The maximum absolute atomic E-state index is 12.2. The summed E-state index contributed by atoms with van der Waals surface area (Å²) in [6.07, 6.45) is 5.49. The Morgan fingerprint density at radius 1 is 1.21 bits per heavy atom. The first-order valence-electron chi connectivity index (χ1n) is 9.85. The van der Waals surface area contributed by atoms with E-state index in [4.69, 9.17) is 9.84 Å². The molecule has 3 N–H and O–H groups in total. The Labute approximate surface area is 165 Å². The van der Waals surface area contributed by atoms with Gasteiger partial charge in [-0.05, 0) is 49.3 Å². The zero-order valence-corrected chi connectivity index (χ0v) is 16.6. The summed E-state index contributed by atoms with van der Waals surface area (Å²) in [5.41, 5.74) is 1.01. The van der Waals surface area contributed by atoms with Crippen LogP contribution in [0.3, 0.4) is 0 Å². The highest BCUT2D eigenvalue weighted by atomic mass is 16.5. The second-order valence-electron chi connectivity index (χ2n) is 7.82. The molecule has 1 unspecified atom stereocenters. The van der Waals surface area contributed by atoms with Crippen molar-refractivity contribution in [3.05, 3.63) is 29.8 Å². The van der Waals surface area contributed by atoms with Gasteiger partial charge in [0.15, 0.2) is 0 Å². The number of ether oxygens (including phenoxy) is 1. The van der Waals surface area contributed by atoms with E-state index in [0.29, 0.717) is 18.7 Å². The first kappa shape index (κ1) is 21.9. The van der Waals surface area contributed by atoms with Crippen molar-refractivity contribution in [3.8, 4) is 0 Å². The normalized spacial score (nSPS) is 17.4. The number of carbonyl (C=O) groups excluding carboxylic acids is 2. The molecule has 1 aromatic rings. The Balaban J connectivity index is 1.88. The van der Waals surface area contributed by atoms with Crippen molar-refractivity contribution in [3.63, 3.8) is 0 Å². The summed E-state index contributed by atoms with van der Waals surface area (Å²) in [6, 6.07) is 6.96. The summed E-state index contributed by atoms with van der Waals surface area (Å²) in [7, 11) is 0. The number of carboxylic acid groups (broad SMARTS) is 1. The first-order valence-corrected chi connectivity index (χ1v) is 9.85. The van der Waals surface area contributed by atoms with Crippen molar-refractivity contribution in [1.82, 2.24) is 5.32 Å². The number of hydrogen-bond donors (Lipinski definition) is 3. The van der Waals surface area contributed by atoms with Gasteiger partial charge < -0.3 is 20.5 Å². The van der Waals surface area contributed by atoms with E-state index in [-0.39, 0.29) is 17.4 Å². The van der Waals surface area contributed by atoms with Gasteiger partial charge in [-0.15, -0.1) is 0 Å². The van der Waals surface area contributed by atoms with E-state index < -0.39 is 11.9 Å². The van der Waals surface area contributed by atoms with Crippen molar-refractivity contribution in [1.29, 1.82) is 0 Å². The number of carbonyl (C=O) groups is 3. The third kappa shape index (κ3) is 6.34. The standard InChI is InChI=1S/C21H30N2O5/c1-21(2,15-9-5-6-10-16(15)23-18(24)19(25)26)12-8-14-28-20(27)17-11-4-3-7-13-22-17/h5-6,9-10,17,22H,3-4,7-8,11-14H2,1-2H3,(H,23,24)(H,25,26). The minimum Gasteiger partial charge on any atom is -0.474 e. The molecule has 0 bridgehead atoms. The van der Waals surface area contributed by atoms with Crippen LogP contribution in [0.1, 0.15) is 57.9 Å². The molecule has 1 fully saturated rings. The molecule has 1 aliphatic heterocycles. The van der Waals surface area contributed by atoms with Crippen LogP contribution in [0.15, 0.2) is 24.3 Å². The van der Waals surface area contributed by atoms with E-state index in [9.17, 15) is 14.4 Å². The van der Waals surface area contributed by atoms with Gasteiger partial charge in [0.1, 0.15) is 6.04 Å². The van der Waals surface area contributed by atoms with Gasteiger partial charge in [0, 0.05) is 5.69 Å². The highest BCUT2D eigenvalue weighted by Gasteiger charge is 2.26. The van der Waals surface area contributed by atoms with E-state index in [1.165, 1.54) is 0 Å². The Morgan fingerprint density at radius 3 is 2.71 bits per heavy atom. The smallest absolute Gasteiger partial charge is 0.394 e. The van der Waals surface area contributed by atoms with Crippen molar-refractivity contribution < 1.29 is 24.2 Å². The number of amides is 1. The number of carboxylic acids is 1. The monoisotopic (exact) mass is 390 g/mol. The largest absolute Gasteiger partial charge is 0.474 e. The van der Waals surface area contributed by atoms with Gasteiger partial charge in [-0.25, -0.2) is 4.79 Å². The van der Waals surface area contributed by atoms with Crippen LogP contribution in [-0.4, -0.2) is 42.1 Å². The minimum atomic E-state index is -1.52. The number of aliphatic carboxylic acids is 1. The van der Waals surface area contributed by atoms with E-state index in [1.54, 1.807) is 12.1 Å². The SMILES string of the molecule is CC(C)(CCCOC(=O)C1CCCCCN1)c1ccccc1NC(=O)C(=O)O. The van der Waals surface area contributed by atoms with Gasteiger partial charge in [0.05, 0.1) is 6.61 Å². The lowest BCUT2D eigenvalue weighted by atomic mass is 9.79. The molecule has 1 atom stereocenters. The lowest BCUT2D eigenvalue weighted by Gasteiger charge is -2.28. The molecule has 28 heavy (non-hydrogen) atoms. The van der Waals surface area contributed by atoms with Gasteiger partial charge in [0.2, 0.25) is 0 Å². The highest BCUT2D eigenvalue weighted by Crippen LogP contribution is 2.33. The molecule has 1 heterocycles. The van der Waals surface area contributed by atoms with Gasteiger partial charge >= 0.3 is 17.8 Å². The fraction of sp³-hybridized carbons (Fsp3) is 0.571. The predicted octanol–water partition coefficient (Wildman–Crippen LogP) is 2.84. The average molecular weight is 390 g/mol. The van der Waals surface area contributed by atoms with E-state index in [1.807, 2.05) is 26.0 Å². The molecular formula is C21H30N2O5. The highest BCUT2D eigenvalue weighted by molar-refractivity contribution is 6.36. The summed E-state index contributed by atoms with van der Waals surface area (Å²) in [5.74, 6) is -2.77. The van der Waals surface area contributed by atoms with Crippen molar-refractivity contribution in [2.24, 2.45) is 0 Å². The van der Waals surface area contributed by atoms with Crippen molar-refractivity contribution in [2.75, 3.05) is 18.5 Å². The molecule has 7 heteroatoms. The molecule has 0 radical (unpaired) electrons. The predicted molar refractivity (Wildman–Crippen MR) is 106 cm³/mol. The minimum absolute atomic E-state index is 0.186. The zero-order chi connectivity index (χ0) is 20.6. The summed E-state index contributed by atoms with van der Waals surface area (Å²) >= 11 is 0. The second kappa shape index (κ2) is 10.2. The Kier molecular flexibility index (Phi) is 7.99. The van der Waals surface area contributed by atoms with Crippen molar-refractivity contribution >= 4 is 23.5 Å². The van der Waals surface area contributed by atoms with E-state index >= 15 is 0 Å². The lowest BCUT2D eigenvalue weighted by molar-refractivity contribution is -0.147. The number of esters is 1. The van der Waals surface area contributed by atoms with Crippen LogP contribution in [-0.2, 0) is 24.5 Å².